The Morgan fingerprint density at radius 2 is 2.25 bits per heavy atom. The average Bonchev–Trinajstić information content (AvgIpc) is 3.12. The SMILES string of the molecule is COC[C@@H](NC(=O)Nc1cccn2nc(C)nc12)c1ccnn1C. The first kappa shape index (κ1) is 15.9. The number of ether oxygens (including phenoxy) is 1. The number of hydrogen-bond donors (Lipinski definition) is 2. The van der Waals surface area contributed by atoms with Crippen molar-refractivity contribution in [2.45, 2.75) is 13.0 Å². The maximum Gasteiger partial charge on any atom is 0.319 e. The number of amides is 2. The highest BCUT2D eigenvalue weighted by molar-refractivity contribution is 5.93. The Kier molecular flexibility index (Phi) is 4.43. The zero-order valence-corrected chi connectivity index (χ0v) is 13.7. The maximum absolute atomic E-state index is 12.4. The standard InChI is InChI=1S/C15H19N7O2/c1-10-17-14-11(5-4-8-22(14)20-10)18-15(23)19-12(9-24-3)13-6-7-16-21(13)2/h4-8,12H,9H2,1-3H3,(H2,18,19,23)/t12-/m1/s1. The number of aryl methyl sites for hydroxylation is 2. The fraction of sp³-hybridized carbons (Fsp3) is 0.333. The second-order valence-electron chi connectivity index (χ2n) is 5.34. The third kappa shape index (κ3) is 3.20. The van der Waals surface area contributed by atoms with Gasteiger partial charge in [-0.2, -0.15) is 10.2 Å². The van der Waals surface area contributed by atoms with Crippen molar-refractivity contribution in [2.24, 2.45) is 7.05 Å². The van der Waals surface area contributed by atoms with Gasteiger partial charge >= 0.3 is 6.03 Å². The van der Waals surface area contributed by atoms with E-state index in [1.54, 1.807) is 47.8 Å². The quantitative estimate of drug-likeness (QED) is 0.735. The van der Waals surface area contributed by atoms with Gasteiger partial charge in [0.1, 0.15) is 5.82 Å². The van der Waals surface area contributed by atoms with E-state index in [1.165, 1.54) is 0 Å². The number of urea groups is 1. The fourth-order valence-electron chi connectivity index (χ4n) is 2.52. The highest BCUT2D eigenvalue weighted by Crippen LogP contribution is 2.16. The first-order valence-electron chi connectivity index (χ1n) is 7.45. The summed E-state index contributed by atoms with van der Waals surface area (Å²) in [6.45, 7) is 2.13. The molecule has 3 heterocycles. The fourth-order valence-corrected chi connectivity index (χ4v) is 2.52. The third-order valence-electron chi connectivity index (χ3n) is 3.57. The zero-order valence-electron chi connectivity index (χ0n) is 13.7. The number of pyridine rings is 1. The molecule has 0 saturated heterocycles. The lowest BCUT2D eigenvalue weighted by atomic mass is 10.2. The monoisotopic (exact) mass is 329 g/mol. The van der Waals surface area contributed by atoms with Crippen LogP contribution in [0.2, 0.25) is 0 Å². The van der Waals surface area contributed by atoms with Crippen LogP contribution in [0, 0.1) is 6.92 Å². The molecular formula is C15H19N7O2. The maximum atomic E-state index is 12.4. The van der Waals surface area contributed by atoms with Gasteiger partial charge in [-0.05, 0) is 25.1 Å². The predicted octanol–water partition coefficient (Wildman–Crippen LogP) is 1.28. The van der Waals surface area contributed by atoms with E-state index in [1.807, 2.05) is 13.1 Å². The topological polar surface area (TPSA) is 98.4 Å². The van der Waals surface area contributed by atoms with Gasteiger partial charge in [0.2, 0.25) is 0 Å². The van der Waals surface area contributed by atoms with Crippen LogP contribution < -0.4 is 10.6 Å². The molecule has 3 aromatic rings. The van der Waals surface area contributed by atoms with E-state index < -0.39 is 0 Å². The van der Waals surface area contributed by atoms with Crippen LogP contribution in [0.3, 0.4) is 0 Å². The van der Waals surface area contributed by atoms with Crippen LogP contribution in [0.15, 0.2) is 30.6 Å². The molecule has 2 amide bonds. The lowest BCUT2D eigenvalue weighted by molar-refractivity contribution is 0.165. The lowest BCUT2D eigenvalue weighted by Crippen LogP contribution is -2.35. The van der Waals surface area contributed by atoms with Crippen LogP contribution in [0.1, 0.15) is 17.6 Å². The number of carbonyl (C=O) groups excluding carboxylic acids is 1. The molecule has 0 saturated carbocycles. The molecule has 0 radical (unpaired) electrons. The molecule has 0 spiro atoms. The molecule has 24 heavy (non-hydrogen) atoms. The number of nitrogens with one attached hydrogen (secondary N) is 2. The van der Waals surface area contributed by atoms with Crippen LogP contribution in [0.25, 0.3) is 5.65 Å². The number of nitrogens with zero attached hydrogens (tertiary/aromatic N) is 5. The van der Waals surface area contributed by atoms with Gasteiger partial charge in [0, 0.05) is 26.6 Å². The zero-order chi connectivity index (χ0) is 17.1. The van der Waals surface area contributed by atoms with E-state index in [9.17, 15) is 4.79 Å². The summed E-state index contributed by atoms with van der Waals surface area (Å²) < 4.78 is 8.52. The van der Waals surface area contributed by atoms with Crippen LogP contribution in [0.4, 0.5) is 10.5 Å². The van der Waals surface area contributed by atoms with E-state index in [4.69, 9.17) is 4.74 Å². The van der Waals surface area contributed by atoms with E-state index in [0.717, 1.165) is 5.69 Å². The van der Waals surface area contributed by atoms with E-state index in [-0.39, 0.29) is 12.1 Å². The first-order chi connectivity index (χ1) is 11.6. The molecule has 0 aromatic carbocycles. The molecular weight excluding hydrogens is 310 g/mol. The minimum absolute atomic E-state index is 0.318. The number of rotatable bonds is 5. The van der Waals surface area contributed by atoms with Crippen LogP contribution in [-0.2, 0) is 11.8 Å². The Morgan fingerprint density at radius 3 is 2.96 bits per heavy atom. The molecule has 126 valence electrons. The highest BCUT2D eigenvalue weighted by atomic mass is 16.5. The van der Waals surface area contributed by atoms with Gasteiger partial charge < -0.3 is 15.4 Å². The Balaban J connectivity index is 1.77. The minimum atomic E-state index is -0.355. The molecule has 0 aliphatic rings. The van der Waals surface area contributed by atoms with Crippen molar-refractivity contribution in [2.75, 3.05) is 19.0 Å². The summed E-state index contributed by atoms with van der Waals surface area (Å²) in [5.74, 6) is 0.636. The van der Waals surface area contributed by atoms with Crippen molar-refractivity contribution in [3.63, 3.8) is 0 Å². The first-order valence-corrected chi connectivity index (χ1v) is 7.45. The second kappa shape index (κ2) is 6.67. The van der Waals surface area contributed by atoms with Gasteiger partial charge in [0.15, 0.2) is 5.65 Å². The van der Waals surface area contributed by atoms with Crippen LogP contribution in [0.5, 0.6) is 0 Å². The summed E-state index contributed by atoms with van der Waals surface area (Å²) in [7, 11) is 3.40. The van der Waals surface area contributed by atoms with Gasteiger partial charge in [-0.3, -0.25) is 4.68 Å². The van der Waals surface area contributed by atoms with E-state index >= 15 is 0 Å². The smallest absolute Gasteiger partial charge is 0.319 e. The minimum Gasteiger partial charge on any atom is -0.382 e. The van der Waals surface area contributed by atoms with Crippen molar-refractivity contribution in [3.05, 3.63) is 42.1 Å². The summed E-state index contributed by atoms with van der Waals surface area (Å²) in [6.07, 6.45) is 3.46. The van der Waals surface area contributed by atoms with Crippen LogP contribution >= 0.6 is 0 Å². The molecule has 0 aliphatic heterocycles. The molecule has 0 unspecified atom stereocenters. The van der Waals surface area contributed by atoms with Crippen molar-refractivity contribution in [1.82, 2.24) is 29.7 Å². The Labute approximate surface area is 138 Å². The molecule has 3 aromatic heterocycles. The molecule has 0 aliphatic carbocycles. The molecule has 1 atom stereocenters. The summed E-state index contributed by atoms with van der Waals surface area (Å²) in [5.41, 5.74) is 2.02. The molecule has 0 fully saturated rings. The summed E-state index contributed by atoms with van der Waals surface area (Å²) in [6, 6.07) is 4.74. The lowest BCUT2D eigenvalue weighted by Gasteiger charge is -2.18. The number of methoxy groups -OCH3 is 1. The van der Waals surface area contributed by atoms with Gasteiger partial charge in [-0.25, -0.2) is 14.3 Å². The molecule has 9 heteroatoms. The largest absolute Gasteiger partial charge is 0.382 e. The number of fused-ring (bicyclic) bond motifs is 1. The van der Waals surface area contributed by atoms with Crippen molar-refractivity contribution in [1.29, 1.82) is 0 Å². The summed E-state index contributed by atoms with van der Waals surface area (Å²) in [5, 5.41) is 14.0. The third-order valence-corrected chi connectivity index (χ3v) is 3.57. The van der Waals surface area contributed by atoms with Crippen molar-refractivity contribution in [3.8, 4) is 0 Å². The second-order valence-corrected chi connectivity index (χ2v) is 5.34. The van der Waals surface area contributed by atoms with Gasteiger partial charge in [0.25, 0.3) is 0 Å². The number of hydrogen-bond acceptors (Lipinski definition) is 5. The van der Waals surface area contributed by atoms with E-state index in [0.29, 0.717) is 23.8 Å². The van der Waals surface area contributed by atoms with Crippen molar-refractivity contribution >= 4 is 17.4 Å². The van der Waals surface area contributed by atoms with Gasteiger partial charge in [0.05, 0.1) is 24.0 Å². The Bertz CT molecular complexity index is 855. The molecule has 3 rings (SSSR count). The molecule has 9 nitrogen and oxygen atoms in total. The normalized spacial score (nSPS) is 12.3. The van der Waals surface area contributed by atoms with E-state index in [2.05, 4.69) is 25.8 Å². The predicted molar refractivity (Wildman–Crippen MR) is 87.7 cm³/mol. The Morgan fingerprint density at radius 1 is 1.42 bits per heavy atom. The highest BCUT2D eigenvalue weighted by Gasteiger charge is 2.18. The number of anilines is 1. The molecule has 0 bridgehead atoms. The Hall–Kier alpha value is -2.94. The molecule has 2 N–H and O–H groups in total. The summed E-state index contributed by atoms with van der Waals surface area (Å²) >= 11 is 0. The number of aromatic nitrogens is 5. The summed E-state index contributed by atoms with van der Waals surface area (Å²) in [4.78, 5) is 16.7. The van der Waals surface area contributed by atoms with Gasteiger partial charge in [-0.15, -0.1) is 0 Å². The number of carbonyl (C=O) groups is 1. The van der Waals surface area contributed by atoms with Gasteiger partial charge in [-0.1, -0.05) is 0 Å². The van der Waals surface area contributed by atoms with Crippen LogP contribution in [-0.4, -0.2) is 44.1 Å². The van der Waals surface area contributed by atoms with Crippen molar-refractivity contribution < 1.29 is 9.53 Å². The average molecular weight is 329 g/mol.